The predicted molar refractivity (Wildman–Crippen MR) is 20.8 cm³/mol. The fourth-order valence-electron chi connectivity index (χ4n) is 0. The monoisotopic (exact) mass is 247 g/mol. The summed E-state index contributed by atoms with van der Waals surface area (Å²) in [5, 5.41) is 0. The molecule has 33 valence electrons. The van der Waals surface area contributed by atoms with E-state index in [1.165, 1.54) is 0 Å². The maximum absolute atomic E-state index is 8.74. The zero-order valence-electron chi connectivity index (χ0n) is 2.38. The largest absolute Gasteiger partial charge is 0.761 e. The van der Waals surface area contributed by atoms with Crippen molar-refractivity contribution in [3.05, 3.63) is 0 Å². The average molecular weight is 247 g/mol. The van der Waals surface area contributed by atoms with Crippen molar-refractivity contribution in [2.45, 2.75) is 0 Å². The first-order valence-corrected chi connectivity index (χ1v) is 1.95. The quantitative estimate of drug-likeness (QED) is 0.455. The van der Waals surface area contributed by atoms with Crippen LogP contribution in [0.5, 0.6) is 0 Å². The van der Waals surface area contributed by atoms with E-state index in [1.54, 1.807) is 0 Å². The van der Waals surface area contributed by atoms with Gasteiger partial charge in [-0.05, 0) is 0 Å². The molecule has 0 aromatic carbocycles. The van der Waals surface area contributed by atoms with Gasteiger partial charge in [-0.2, -0.15) is 0 Å². The Hall–Kier alpha value is 1.34. The van der Waals surface area contributed by atoms with Crippen LogP contribution >= 0.6 is 0 Å². The summed E-state index contributed by atoms with van der Waals surface area (Å²) in [7, 11) is -3.13. The molecule has 0 amide bonds. The standard InChI is InChI=1S/Al.La.H2O3Si.3H/c;;1-4(2)3;;;/h;;1-2H;;;. The van der Waals surface area contributed by atoms with Gasteiger partial charge >= 0.3 is 9.17 Å². The third kappa shape index (κ3) is 55.8. The summed E-state index contributed by atoms with van der Waals surface area (Å²) in [4.78, 5) is 14.3. The molecule has 2 N–H and O–H groups in total. The molecule has 0 aliphatic heterocycles. The first kappa shape index (κ1) is 15.7. The fraction of sp³-hybridized carbons (Fsp3) is 0. The van der Waals surface area contributed by atoms with Crippen molar-refractivity contribution in [1.82, 2.24) is 0 Å². The van der Waals surface area contributed by atoms with Crippen molar-refractivity contribution in [1.29, 1.82) is 0 Å². The molecule has 0 saturated heterocycles. The normalized spacial score (nSPS) is 4.00. The van der Waals surface area contributed by atoms with E-state index in [-0.39, 0.29) is 53.0 Å². The Morgan fingerprint density at radius 1 is 1.33 bits per heavy atom. The number of rotatable bonds is 0. The molecule has 0 spiro atoms. The molecule has 1 radical (unpaired) electrons. The molecule has 0 fully saturated rings. The molecule has 0 aromatic heterocycles. The van der Waals surface area contributed by atoms with E-state index in [9.17, 15) is 0 Å². The van der Waals surface area contributed by atoms with Crippen LogP contribution in [0, 0.1) is 35.6 Å². The van der Waals surface area contributed by atoms with Crippen molar-refractivity contribution < 1.29 is 49.7 Å². The maximum atomic E-state index is 8.74. The third-order valence-electron chi connectivity index (χ3n) is 0. The Kier molecular flexibility index (Phi) is 25.1. The molecule has 0 saturated carbocycles. The van der Waals surface area contributed by atoms with Gasteiger partial charge in [0.05, 0.1) is 0 Å². The second-order valence-corrected chi connectivity index (χ2v) is 0.848. The fourth-order valence-corrected chi connectivity index (χ4v) is 0. The van der Waals surface area contributed by atoms with E-state index in [2.05, 4.69) is 0 Å². The van der Waals surface area contributed by atoms with Gasteiger partial charge in [0.25, 0.3) is 0 Å². The van der Waals surface area contributed by atoms with Gasteiger partial charge in [-0.3, -0.25) is 4.46 Å². The second-order valence-electron chi connectivity index (χ2n) is 0.283. The molecule has 6 heavy (non-hydrogen) atoms. The molecule has 0 rings (SSSR count). The van der Waals surface area contributed by atoms with Gasteiger partial charge in [0.2, 0.25) is 0 Å². The van der Waals surface area contributed by atoms with E-state index >= 15 is 0 Å². The number of hydrogen-bond acceptors (Lipinski definition) is 1. The molecular weight excluding hydrogens is 242 g/mol. The van der Waals surface area contributed by atoms with Crippen molar-refractivity contribution in [2.24, 2.45) is 0 Å². The van der Waals surface area contributed by atoms with Gasteiger partial charge in [-0.15, -0.1) is 0 Å². The van der Waals surface area contributed by atoms with E-state index in [1.807, 2.05) is 0 Å². The molecule has 6 heteroatoms. The summed E-state index contributed by atoms with van der Waals surface area (Å²) in [6.45, 7) is 0. The minimum absolute atomic E-state index is 0. The van der Waals surface area contributed by atoms with Crippen molar-refractivity contribution in [3.63, 3.8) is 0 Å². The van der Waals surface area contributed by atoms with E-state index < -0.39 is 9.17 Å². The molecule has 0 heterocycles. The van der Waals surface area contributed by atoms with E-state index in [0.29, 0.717) is 0 Å². The van der Waals surface area contributed by atoms with Crippen molar-refractivity contribution in [2.75, 3.05) is 0 Å². The van der Waals surface area contributed by atoms with Gasteiger partial charge < -0.3 is 9.59 Å². The molecule has 0 aliphatic rings. The molecule has 0 atom stereocenters. The first-order chi connectivity index (χ1) is 1.73. The summed E-state index contributed by atoms with van der Waals surface area (Å²) in [6, 6.07) is 0. The van der Waals surface area contributed by atoms with Crippen LogP contribution in [0.1, 0.15) is 0 Å². The first-order valence-electron chi connectivity index (χ1n) is 0.651. The summed E-state index contributed by atoms with van der Waals surface area (Å²) in [6.07, 6.45) is 0. The summed E-state index contributed by atoms with van der Waals surface area (Å²) >= 11 is 0. The molecule has 0 aliphatic carbocycles. The Morgan fingerprint density at radius 2 is 1.33 bits per heavy atom. The summed E-state index contributed by atoms with van der Waals surface area (Å²) < 4.78 is 8.74. The van der Waals surface area contributed by atoms with Crippen molar-refractivity contribution in [3.8, 4) is 0 Å². The van der Waals surface area contributed by atoms with Crippen LogP contribution in [0.15, 0.2) is 0 Å². The summed E-state index contributed by atoms with van der Waals surface area (Å²) in [5.41, 5.74) is 0. The van der Waals surface area contributed by atoms with Gasteiger partial charge in [0.15, 0.2) is 17.4 Å². The zero-order chi connectivity index (χ0) is 3.58. The minimum atomic E-state index is -3.13. The summed E-state index contributed by atoms with van der Waals surface area (Å²) in [5.74, 6) is 0. The predicted octanol–water partition coefficient (Wildman–Crippen LogP) is -2.80. The van der Waals surface area contributed by atoms with Crippen LogP contribution in [0.25, 0.3) is 0 Å². The maximum Gasteiger partial charge on any atom is 0.761 e. The average Bonchev–Trinajstić information content (AvgIpc) is 0.811. The molecular formula is H5AlLaO3Si. The van der Waals surface area contributed by atoms with Crippen LogP contribution in [0.3, 0.4) is 0 Å². The Labute approximate surface area is 75.4 Å². The molecule has 3 nitrogen and oxygen atoms in total. The van der Waals surface area contributed by atoms with Crippen LogP contribution in [-0.4, -0.2) is 36.1 Å². The second kappa shape index (κ2) is 9.60. The van der Waals surface area contributed by atoms with Gasteiger partial charge in [-0.1, -0.05) is 0 Å². The van der Waals surface area contributed by atoms with Gasteiger partial charge in [-0.25, -0.2) is 0 Å². The smallest absolute Gasteiger partial charge is 0.511 e. The van der Waals surface area contributed by atoms with E-state index in [4.69, 9.17) is 14.1 Å². The van der Waals surface area contributed by atoms with E-state index in [0.717, 1.165) is 0 Å². The van der Waals surface area contributed by atoms with Crippen LogP contribution in [0.4, 0.5) is 0 Å². The molecule has 0 unspecified atom stereocenters. The zero-order valence-corrected chi connectivity index (χ0v) is 7.01. The molecule has 0 bridgehead atoms. The third-order valence-corrected chi connectivity index (χ3v) is 0. The Bertz CT molecular complexity index is 33.8. The van der Waals surface area contributed by atoms with Crippen LogP contribution < -0.4 is 0 Å². The van der Waals surface area contributed by atoms with Gasteiger partial charge in [0, 0.05) is 35.6 Å². The van der Waals surface area contributed by atoms with Gasteiger partial charge in [0.1, 0.15) is 0 Å². The Balaban J connectivity index is -0.0000000450. The topological polar surface area (TPSA) is 57.5 Å². The molecule has 0 aromatic rings. The SMILES string of the molecule is O=[Si](O)O.[AlH3].[La]. The Morgan fingerprint density at radius 3 is 1.33 bits per heavy atom. The minimum Gasteiger partial charge on any atom is -0.511 e. The van der Waals surface area contributed by atoms with Crippen LogP contribution in [0.2, 0.25) is 0 Å². The number of hydrogen-bond donors (Lipinski definition) is 2. The van der Waals surface area contributed by atoms with Crippen molar-refractivity contribution >= 4 is 26.5 Å². The van der Waals surface area contributed by atoms with Crippen LogP contribution in [-0.2, 0) is 4.46 Å².